The zero-order valence-corrected chi connectivity index (χ0v) is 10.6. The second kappa shape index (κ2) is 6.70. The molecule has 5 heteroatoms. The van der Waals surface area contributed by atoms with Crippen molar-refractivity contribution in [2.45, 2.75) is 32.7 Å². The minimum absolute atomic E-state index is 0.266. The molecule has 1 aliphatic rings. The van der Waals surface area contributed by atoms with Crippen molar-refractivity contribution in [3.63, 3.8) is 0 Å². The molecule has 94 valence electrons. The summed E-state index contributed by atoms with van der Waals surface area (Å²) in [5.41, 5.74) is 2.69. The summed E-state index contributed by atoms with van der Waals surface area (Å²) in [7, 11) is 1.76. The van der Waals surface area contributed by atoms with Gasteiger partial charge in [-0.15, -0.1) is 0 Å². The van der Waals surface area contributed by atoms with Crippen molar-refractivity contribution in [1.82, 2.24) is 10.3 Å². The first kappa shape index (κ1) is 13.3. The monoisotopic (exact) mass is 228 g/mol. The van der Waals surface area contributed by atoms with Crippen molar-refractivity contribution >= 4 is 5.96 Å². The predicted molar refractivity (Wildman–Crippen MR) is 66.1 cm³/mol. The van der Waals surface area contributed by atoms with Crippen molar-refractivity contribution in [3.05, 3.63) is 0 Å². The molecule has 0 aromatic rings. The summed E-state index contributed by atoms with van der Waals surface area (Å²) in [6.07, 6.45) is 2.29. The van der Waals surface area contributed by atoms with Crippen molar-refractivity contribution < 1.29 is 4.74 Å². The topological polar surface area (TPSA) is 62.9 Å². The SMILES string of the molecule is COCC1CCN(C(=NC(C)C)NN)CC1. The molecule has 1 aliphatic heterocycles. The maximum absolute atomic E-state index is 5.50. The fourth-order valence-corrected chi connectivity index (χ4v) is 2.00. The summed E-state index contributed by atoms with van der Waals surface area (Å²) in [6, 6.07) is 0.266. The molecule has 0 atom stereocenters. The lowest BCUT2D eigenvalue weighted by molar-refractivity contribution is 0.118. The number of nitrogens with one attached hydrogen (secondary N) is 1. The van der Waals surface area contributed by atoms with Crippen LogP contribution in [0.4, 0.5) is 0 Å². The average molecular weight is 228 g/mol. The van der Waals surface area contributed by atoms with Gasteiger partial charge in [-0.05, 0) is 32.6 Å². The van der Waals surface area contributed by atoms with Crippen LogP contribution in [0.1, 0.15) is 26.7 Å². The molecule has 0 aliphatic carbocycles. The molecule has 0 unspecified atom stereocenters. The molecular weight excluding hydrogens is 204 g/mol. The fourth-order valence-electron chi connectivity index (χ4n) is 2.00. The molecule has 5 nitrogen and oxygen atoms in total. The Hall–Kier alpha value is -0.810. The van der Waals surface area contributed by atoms with E-state index in [-0.39, 0.29) is 6.04 Å². The zero-order chi connectivity index (χ0) is 12.0. The molecule has 1 rings (SSSR count). The lowest BCUT2D eigenvalue weighted by atomic mass is 9.98. The molecule has 0 radical (unpaired) electrons. The van der Waals surface area contributed by atoms with Crippen LogP contribution in [0, 0.1) is 5.92 Å². The van der Waals surface area contributed by atoms with Gasteiger partial charge in [-0.1, -0.05) is 0 Å². The van der Waals surface area contributed by atoms with E-state index < -0.39 is 0 Å². The zero-order valence-electron chi connectivity index (χ0n) is 10.6. The van der Waals surface area contributed by atoms with Gasteiger partial charge < -0.3 is 9.64 Å². The molecule has 3 N–H and O–H groups in total. The van der Waals surface area contributed by atoms with E-state index in [1.807, 2.05) is 0 Å². The number of hydrazine groups is 1. The summed E-state index contributed by atoms with van der Waals surface area (Å²) in [5, 5.41) is 0. The number of ether oxygens (including phenoxy) is 1. The van der Waals surface area contributed by atoms with Crippen LogP contribution in [0.15, 0.2) is 4.99 Å². The summed E-state index contributed by atoms with van der Waals surface area (Å²) in [4.78, 5) is 6.68. The van der Waals surface area contributed by atoms with E-state index in [4.69, 9.17) is 10.6 Å². The Kier molecular flexibility index (Phi) is 5.55. The van der Waals surface area contributed by atoms with Gasteiger partial charge in [0.2, 0.25) is 5.96 Å². The van der Waals surface area contributed by atoms with Crippen LogP contribution in [-0.4, -0.2) is 43.7 Å². The van der Waals surface area contributed by atoms with Gasteiger partial charge in [-0.2, -0.15) is 0 Å². The number of rotatable bonds is 3. The number of hydrogen-bond donors (Lipinski definition) is 2. The second-order valence-electron chi connectivity index (χ2n) is 4.58. The number of guanidine groups is 1. The molecule has 0 amide bonds. The van der Waals surface area contributed by atoms with Gasteiger partial charge in [-0.3, -0.25) is 5.43 Å². The first-order chi connectivity index (χ1) is 7.67. The summed E-state index contributed by atoms with van der Waals surface area (Å²) in [5.74, 6) is 6.99. The fraction of sp³-hybridized carbons (Fsp3) is 0.909. The third-order valence-corrected chi connectivity index (χ3v) is 2.83. The molecule has 0 aromatic heterocycles. The molecule has 1 fully saturated rings. The van der Waals surface area contributed by atoms with Gasteiger partial charge in [-0.25, -0.2) is 10.8 Å². The molecule has 1 saturated heterocycles. The van der Waals surface area contributed by atoms with Crippen molar-refractivity contribution in [2.75, 3.05) is 26.8 Å². The van der Waals surface area contributed by atoms with Crippen LogP contribution in [0.2, 0.25) is 0 Å². The normalized spacial score (nSPS) is 19.3. The minimum Gasteiger partial charge on any atom is -0.384 e. The highest BCUT2D eigenvalue weighted by Gasteiger charge is 2.21. The van der Waals surface area contributed by atoms with E-state index in [0.717, 1.165) is 38.5 Å². The summed E-state index contributed by atoms with van der Waals surface area (Å²) in [6.45, 7) is 6.97. The number of nitrogens with two attached hydrogens (primary N) is 1. The Morgan fingerprint density at radius 2 is 2.12 bits per heavy atom. The standard InChI is InChI=1S/C11H24N4O/c1-9(2)13-11(14-12)15-6-4-10(5-7-15)8-16-3/h9-10H,4-8,12H2,1-3H3,(H,13,14). The first-order valence-electron chi connectivity index (χ1n) is 5.95. The van der Waals surface area contributed by atoms with Crippen LogP contribution >= 0.6 is 0 Å². The quantitative estimate of drug-likeness (QED) is 0.321. The van der Waals surface area contributed by atoms with Crippen molar-refractivity contribution in [2.24, 2.45) is 16.8 Å². The van der Waals surface area contributed by atoms with Gasteiger partial charge in [0.15, 0.2) is 0 Å². The molecule has 16 heavy (non-hydrogen) atoms. The number of aliphatic imine (C=N–C) groups is 1. The number of methoxy groups -OCH3 is 1. The third-order valence-electron chi connectivity index (χ3n) is 2.83. The van der Waals surface area contributed by atoms with Gasteiger partial charge in [0.1, 0.15) is 0 Å². The van der Waals surface area contributed by atoms with Crippen LogP contribution in [-0.2, 0) is 4.74 Å². The van der Waals surface area contributed by atoms with Crippen LogP contribution < -0.4 is 11.3 Å². The lowest BCUT2D eigenvalue weighted by Gasteiger charge is -2.33. The first-order valence-corrected chi connectivity index (χ1v) is 5.95. The highest BCUT2D eigenvalue weighted by molar-refractivity contribution is 5.79. The van der Waals surface area contributed by atoms with Gasteiger partial charge in [0.05, 0.1) is 0 Å². The average Bonchev–Trinajstić information content (AvgIpc) is 2.27. The molecule has 0 aromatic carbocycles. The molecule has 0 saturated carbocycles. The molecular formula is C11H24N4O. The number of hydrogen-bond acceptors (Lipinski definition) is 3. The number of nitrogens with zero attached hydrogens (tertiary/aromatic N) is 2. The Labute approximate surface area is 98.0 Å². The predicted octanol–water partition coefficient (Wildman–Crippen LogP) is 0.573. The molecule has 1 heterocycles. The van der Waals surface area contributed by atoms with Crippen LogP contribution in [0.5, 0.6) is 0 Å². The van der Waals surface area contributed by atoms with Crippen LogP contribution in [0.25, 0.3) is 0 Å². The van der Waals surface area contributed by atoms with Crippen LogP contribution in [0.3, 0.4) is 0 Å². The van der Waals surface area contributed by atoms with E-state index in [0.29, 0.717) is 5.92 Å². The molecule has 0 bridgehead atoms. The maximum Gasteiger partial charge on any atom is 0.208 e. The third kappa shape index (κ3) is 3.98. The van der Waals surface area contributed by atoms with E-state index in [1.54, 1.807) is 7.11 Å². The number of likely N-dealkylation sites (tertiary alicyclic amines) is 1. The Morgan fingerprint density at radius 3 is 2.56 bits per heavy atom. The Morgan fingerprint density at radius 1 is 1.50 bits per heavy atom. The van der Waals surface area contributed by atoms with Crippen molar-refractivity contribution in [3.8, 4) is 0 Å². The van der Waals surface area contributed by atoms with Gasteiger partial charge >= 0.3 is 0 Å². The maximum atomic E-state index is 5.50. The second-order valence-corrected chi connectivity index (χ2v) is 4.58. The smallest absolute Gasteiger partial charge is 0.208 e. The van der Waals surface area contributed by atoms with E-state index in [9.17, 15) is 0 Å². The van der Waals surface area contributed by atoms with E-state index in [1.165, 1.54) is 0 Å². The summed E-state index contributed by atoms with van der Waals surface area (Å²) < 4.78 is 5.18. The molecule has 0 spiro atoms. The highest BCUT2D eigenvalue weighted by Crippen LogP contribution is 2.17. The highest BCUT2D eigenvalue weighted by atomic mass is 16.5. The minimum atomic E-state index is 0.266. The van der Waals surface area contributed by atoms with Gasteiger partial charge in [0.25, 0.3) is 0 Å². The van der Waals surface area contributed by atoms with Crippen molar-refractivity contribution in [1.29, 1.82) is 0 Å². The van der Waals surface area contributed by atoms with E-state index in [2.05, 4.69) is 29.2 Å². The van der Waals surface area contributed by atoms with E-state index >= 15 is 0 Å². The Bertz CT molecular complexity index is 222. The largest absolute Gasteiger partial charge is 0.384 e. The lowest BCUT2D eigenvalue weighted by Crippen LogP contribution is -2.48. The number of piperidine rings is 1. The summed E-state index contributed by atoms with van der Waals surface area (Å²) >= 11 is 0. The van der Waals surface area contributed by atoms with Gasteiger partial charge in [0, 0.05) is 32.8 Å². The Balaban J connectivity index is 2.45.